The lowest BCUT2D eigenvalue weighted by molar-refractivity contribution is 0.459. The van der Waals surface area contributed by atoms with E-state index in [2.05, 4.69) is 10.0 Å². The minimum atomic E-state index is -0.460. The van der Waals surface area contributed by atoms with E-state index in [0.717, 1.165) is 0 Å². The van der Waals surface area contributed by atoms with Crippen molar-refractivity contribution >= 4 is 0 Å². The van der Waals surface area contributed by atoms with Crippen molar-refractivity contribution in [3.05, 3.63) is 38.6 Å². The number of azide groups is 1. The van der Waals surface area contributed by atoms with Crippen molar-refractivity contribution in [1.82, 2.24) is 4.57 Å². The van der Waals surface area contributed by atoms with Crippen LogP contribution in [0.2, 0.25) is 0 Å². The lowest BCUT2D eigenvalue weighted by Crippen LogP contribution is -2.10. The summed E-state index contributed by atoms with van der Waals surface area (Å²) in [6, 6.07) is 1.27. The molecule has 14 heavy (non-hydrogen) atoms. The third-order valence-corrected chi connectivity index (χ3v) is 1.83. The largest absolute Gasteiger partial charge is 0.503 e. The molecule has 1 aromatic rings. The van der Waals surface area contributed by atoms with Gasteiger partial charge in [-0.3, -0.25) is 4.79 Å². The van der Waals surface area contributed by atoms with Crippen LogP contribution in [0.5, 0.6) is 5.75 Å². The summed E-state index contributed by atoms with van der Waals surface area (Å²) in [4.78, 5) is 13.7. The smallest absolute Gasteiger partial charge is 0.223 e. The summed E-state index contributed by atoms with van der Waals surface area (Å²) in [6.45, 7) is 2.58. The number of aromatic nitrogens is 1. The van der Waals surface area contributed by atoms with E-state index in [1.165, 1.54) is 12.3 Å². The Morgan fingerprint density at radius 2 is 2.43 bits per heavy atom. The first-order valence-electron chi connectivity index (χ1n) is 4.12. The first-order valence-corrected chi connectivity index (χ1v) is 4.12. The van der Waals surface area contributed by atoms with Gasteiger partial charge in [0.2, 0.25) is 5.43 Å². The van der Waals surface area contributed by atoms with Gasteiger partial charge in [0.1, 0.15) is 0 Å². The summed E-state index contributed by atoms with van der Waals surface area (Å²) in [6.07, 6.45) is 1.34. The van der Waals surface area contributed by atoms with Gasteiger partial charge in [0, 0.05) is 29.4 Å². The summed E-state index contributed by atoms with van der Waals surface area (Å²) in [7, 11) is 0. The fourth-order valence-electron chi connectivity index (χ4n) is 1.14. The molecule has 0 fully saturated rings. The van der Waals surface area contributed by atoms with E-state index in [1.807, 2.05) is 6.92 Å². The highest BCUT2D eigenvalue weighted by Gasteiger charge is 2.02. The summed E-state index contributed by atoms with van der Waals surface area (Å²) < 4.78 is 1.66. The predicted molar refractivity (Wildman–Crippen MR) is 50.9 cm³/mol. The maximum Gasteiger partial charge on any atom is 0.223 e. The van der Waals surface area contributed by atoms with Crippen molar-refractivity contribution in [2.75, 3.05) is 0 Å². The van der Waals surface area contributed by atoms with Crippen molar-refractivity contribution in [2.45, 2.75) is 20.0 Å². The molecule has 0 aliphatic carbocycles. The van der Waals surface area contributed by atoms with E-state index in [9.17, 15) is 4.79 Å². The van der Waals surface area contributed by atoms with Crippen LogP contribution < -0.4 is 5.43 Å². The molecule has 1 rings (SSSR count). The number of aromatic hydroxyl groups is 1. The molecule has 0 amide bonds. The van der Waals surface area contributed by atoms with Crippen LogP contribution in [-0.4, -0.2) is 9.67 Å². The van der Waals surface area contributed by atoms with Gasteiger partial charge in [-0.2, -0.15) is 0 Å². The highest BCUT2D eigenvalue weighted by atomic mass is 16.3. The van der Waals surface area contributed by atoms with Gasteiger partial charge >= 0.3 is 0 Å². The molecule has 0 aliphatic rings. The number of nitrogens with zero attached hydrogens (tertiary/aromatic N) is 4. The first kappa shape index (κ1) is 10.1. The fourth-order valence-corrected chi connectivity index (χ4v) is 1.14. The summed E-state index contributed by atoms with van der Waals surface area (Å²) in [5.74, 6) is -0.295. The minimum absolute atomic E-state index is 0.111. The molecule has 1 heterocycles. The van der Waals surface area contributed by atoms with Crippen LogP contribution in [0.1, 0.15) is 12.6 Å². The second-order valence-electron chi connectivity index (χ2n) is 2.69. The third kappa shape index (κ3) is 2.05. The molecule has 0 spiro atoms. The normalized spacial score (nSPS) is 9.50. The Hall–Kier alpha value is -1.94. The van der Waals surface area contributed by atoms with Gasteiger partial charge in [-0.25, -0.2) is 0 Å². The molecule has 0 aromatic carbocycles. The van der Waals surface area contributed by atoms with Gasteiger partial charge in [0.25, 0.3) is 0 Å². The predicted octanol–water partition coefficient (Wildman–Crippen LogP) is 1.38. The van der Waals surface area contributed by atoms with Crippen LogP contribution in [0, 0.1) is 0 Å². The molecule has 6 heteroatoms. The maximum atomic E-state index is 11.1. The quantitative estimate of drug-likeness (QED) is 0.447. The van der Waals surface area contributed by atoms with Crippen molar-refractivity contribution in [2.24, 2.45) is 5.11 Å². The zero-order valence-corrected chi connectivity index (χ0v) is 7.71. The van der Waals surface area contributed by atoms with E-state index >= 15 is 0 Å². The molecule has 0 bridgehead atoms. The minimum Gasteiger partial charge on any atom is -0.503 e. The lowest BCUT2D eigenvalue weighted by atomic mass is 10.3. The van der Waals surface area contributed by atoms with Crippen molar-refractivity contribution < 1.29 is 5.11 Å². The topological polar surface area (TPSA) is 91.0 Å². The Morgan fingerprint density at radius 3 is 3.00 bits per heavy atom. The third-order valence-electron chi connectivity index (χ3n) is 1.83. The molecule has 0 radical (unpaired) electrons. The highest BCUT2D eigenvalue weighted by molar-refractivity contribution is 5.20. The van der Waals surface area contributed by atoms with E-state index in [1.54, 1.807) is 4.57 Å². The Bertz CT molecular complexity index is 431. The number of hydrogen-bond acceptors (Lipinski definition) is 3. The van der Waals surface area contributed by atoms with Crippen LogP contribution in [0.3, 0.4) is 0 Å². The zero-order chi connectivity index (χ0) is 10.6. The number of hydrogen-bond donors (Lipinski definition) is 1. The molecule has 0 aliphatic heterocycles. The molecule has 0 unspecified atom stereocenters. The average Bonchev–Trinajstić information content (AvgIpc) is 2.19. The van der Waals surface area contributed by atoms with Gasteiger partial charge in [-0.1, -0.05) is 5.11 Å². The SMILES string of the molecule is CCn1cc(O)c(=O)cc1CN=[N+]=[N-]. The van der Waals surface area contributed by atoms with Gasteiger partial charge in [0.05, 0.1) is 6.54 Å². The Balaban J connectivity index is 3.19. The highest BCUT2D eigenvalue weighted by Crippen LogP contribution is 2.06. The Labute approximate surface area is 80.0 Å². The van der Waals surface area contributed by atoms with Crippen molar-refractivity contribution in [3.63, 3.8) is 0 Å². The molecule has 0 atom stereocenters. The van der Waals surface area contributed by atoms with Gasteiger partial charge in [-0.15, -0.1) is 0 Å². The number of aryl methyl sites for hydroxylation is 1. The Morgan fingerprint density at radius 1 is 1.71 bits per heavy atom. The maximum absolute atomic E-state index is 11.1. The van der Waals surface area contributed by atoms with Gasteiger partial charge in [-0.05, 0) is 12.5 Å². The van der Waals surface area contributed by atoms with Gasteiger partial charge in [0.15, 0.2) is 5.75 Å². The van der Waals surface area contributed by atoms with Crippen LogP contribution >= 0.6 is 0 Å². The molecular weight excluding hydrogens is 184 g/mol. The second kappa shape index (κ2) is 4.34. The second-order valence-corrected chi connectivity index (χ2v) is 2.69. The van der Waals surface area contributed by atoms with Crippen LogP contribution in [0.25, 0.3) is 10.4 Å². The lowest BCUT2D eigenvalue weighted by Gasteiger charge is -2.08. The first-order chi connectivity index (χ1) is 6.69. The summed E-state index contributed by atoms with van der Waals surface area (Å²) >= 11 is 0. The van der Waals surface area contributed by atoms with Gasteiger partial charge < -0.3 is 9.67 Å². The standard InChI is InChI=1S/C8H10N4O2/c1-2-12-5-8(14)7(13)3-6(12)4-10-11-9/h3,5,14H,2,4H2,1H3. The van der Waals surface area contributed by atoms with E-state index in [0.29, 0.717) is 12.2 Å². The Kier molecular flexibility index (Phi) is 3.14. The molecule has 0 saturated heterocycles. The average molecular weight is 194 g/mol. The van der Waals surface area contributed by atoms with E-state index < -0.39 is 5.43 Å². The van der Waals surface area contributed by atoms with E-state index in [-0.39, 0.29) is 12.3 Å². The number of pyridine rings is 1. The van der Waals surface area contributed by atoms with Crippen LogP contribution in [0.15, 0.2) is 22.2 Å². The molecular formula is C8H10N4O2. The van der Waals surface area contributed by atoms with Crippen molar-refractivity contribution in [1.29, 1.82) is 0 Å². The van der Waals surface area contributed by atoms with Crippen LogP contribution in [0.4, 0.5) is 0 Å². The molecule has 74 valence electrons. The summed E-state index contributed by atoms with van der Waals surface area (Å²) in [5.41, 5.74) is 8.27. The number of rotatable bonds is 3. The van der Waals surface area contributed by atoms with E-state index in [4.69, 9.17) is 10.6 Å². The summed E-state index contributed by atoms with van der Waals surface area (Å²) in [5, 5.41) is 12.5. The zero-order valence-electron chi connectivity index (χ0n) is 7.71. The monoisotopic (exact) mass is 194 g/mol. The fraction of sp³-hybridized carbons (Fsp3) is 0.375. The van der Waals surface area contributed by atoms with Crippen LogP contribution in [-0.2, 0) is 13.1 Å². The molecule has 1 N–H and O–H groups in total. The van der Waals surface area contributed by atoms with Crippen molar-refractivity contribution in [3.8, 4) is 5.75 Å². The molecule has 1 aromatic heterocycles. The molecule has 6 nitrogen and oxygen atoms in total. The molecule has 0 saturated carbocycles.